The first-order valence-corrected chi connectivity index (χ1v) is 27.6. The number of ether oxygens (including phenoxy) is 1. The van der Waals surface area contributed by atoms with Gasteiger partial charge in [0.2, 0.25) is 53.2 Å². The molecule has 9 amide bonds. The van der Waals surface area contributed by atoms with Crippen molar-refractivity contribution in [2.24, 2.45) is 17.8 Å². The Bertz CT molecular complexity index is 2400. The maximum Gasteiger partial charge on any atom is 0.328 e. The molecule has 20 heteroatoms. The van der Waals surface area contributed by atoms with Crippen LogP contribution in [0, 0.1) is 17.8 Å². The maximum absolute atomic E-state index is 14.8. The Kier molecular flexibility index (Phi) is 24.3. The molecule has 3 N–H and O–H groups in total. The summed E-state index contributed by atoms with van der Waals surface area (Å²) >= 11 is 0. The lowest BCUT2D eigenvalue weighted by Gasteiger charge is -2.37. The largest absolute Gasteiger partial charge is 0.467 e. The first-order valence-electron chi connectivity index (χ1n) is 27.6. The van der Waals surface area contributed by atoms with Crippen LogP contribution < -0.4 is 16.0 Å². The summed E-state index contributed by atoms with van der Waals surface area (Å²) in [6.45, 7) is 14.3. The van der Waals surface area contributed by atoms with Crippen molar-refractivity contribution >= 4 is 59.1 Å². The van der Waals surface area contributed by atoms with E-state index in [-0.39, 0.29) is 43.4 Å². The molecule has 0 spiro atoms. The molecule has 2 aliphatic rings. The van der Waals surface area contributed by atoms with Gasteiger partial charge in [0.05, 0.1) is 13.7 Å². The fraction of sp³-hybridized carbons (Fsp3) is 0.621. The number of rotatable bonds is 26. The van der Waals surface area contributed by atoms with Crippen molar-refractivity contribution in [2.75, 3.05) is 54.9 Å². The summed E-state index contributed by atoms with van der Waals surface area (Å²) in [6.07, 6.45) is 3.22. The van der Waals surface area contributed by atoms with Gasteiger partial charge in [-0.2, -0.15) is 0 Å². The number of nitrogens with one attached hydrogen (secondary N) is 3. The van der Waals surface area contributed by atoms with E-state index in [0.29, 0.717) is 45.2 Å². The van der Waals surface area contributed by atoms with Crippen LogP contribution in [0.3, 0.4) is 0 Å². The van der Waals surface area contributed by atoms with Crippen LogP contribution in [0.1, 0.15) is 111 Å². The summed E-state index contributed by atoms with van der Waals surface area (Å²) in [4.78, 5) is 148. The monoisotopic (exact) mass is 1090 g/mol. The summed E-state index contributed by atoms with van der Waals surface area (Å²) in [5.74, 6) is -6.17. The number of likely N-dealkylation sites (tertiary alicyclic amines) is 2. The minimum Gasteiger partial charge on any atom is -0.467 e. The van der Waals surface area contributed by atoms with Gasteiger partial charge in [-0.1, -0.05) is 109 Å². The van der Waals surface area contributed by atoms with Crippen LogP contribution >= 0.6 is 0 Å². The molecule has 2 aromatic carbocycles. The molecule has 20 nitrogen and oxygen atoms in total. The van der Waals surface area contributed by atoms with E-state index in [1.54, 1.807) is 41.7 Å². The Labute approximate surface area is 461 Å². The summed E-state index contributed by atoms with van der Waals surface area (Å²) in [6, 6.07) is 10.2. The van der Waals surface area contributed by atoms with Crippen molar-refractivity contribution in [3.05, 3.63) is 71.8 Å². The summed E-state index contributed by atoms with van der Waals surface area (Å²) in [7, 11) is 7.28. The van der Waals surface area contributed by atoms with E-state index in [1.165, 1.54) is 57.7 Å². The molecule has 8 unspecified atom stereocenters. The third-order valence-electron chi connectivity index (χ3n) is 15.1. The highest BCUT2D eigenvalue weighted by Gasteiger charge is 2.44. The summed E-state index contributed by atoms with van der Waals surface area (Å²) in [5.41, 5.74) is 1.53. The number of nitrogens with zero attached hydrogens (tertiary/aromatic N) is 6. The molecule has 0 aromatic heterocycles. The number of carbonyl (C=O) groups excluding carboxylic acids is 10. The molecule has 430 valence electrons. The Morgan fingerprint density at radius 2 is 1.15 bits per heavy atom. The molecule has 0 bridgehead atoms. The number of amides is 9. The third kappa shape index (κ3) is 16.6. The number of benzene rings is 2. The number of carbonyl (C=O) groups is 10. The van der Waals surface area contributed by atoms with E-state index in [1.807, 2.05) is 81.4 Å². The van der Waals surface area contributed by atoms with Gasteiger partial charge in [-0.3, -0.25) is 43.2 Å². The van der Waals surface area contributed by atoms with Gasteiger partial charge in [-0.05, 0) is 74.3 Å². The molecule has 0 saturated carbocycles. The Morgan fingerprint density at radius 3 is 1.67 bits per heavy atom. The number of methoxy groups -OCH3 is 1. The van der Waals surface area contributed by atoms with Crippen molar-refractivity contribution in [2.45, 2.75) is 162 Å². The van der Waals surface area contributed by atoms with Crippen molar-refractivity contribution in [1.29, 1.82) is 0 Å². The normalized spacial score (nSPS) is 17.5. The van der Waals surface area contributed by atoms with Crippen LogP contribution in [-0.2, 0) is 65.5 Å². The minimum absolute atomic E-state index is 0.0820. The molecule has 2 heterocycles. The van der Waals surface area contributed by atoms with Gasteiger partial charge < -0.3 is 50.1 Å². The van der Waals surface area contributed by atoms with E-state index < -0.39 is 114 Å². The molecule has 0 aliphatic carbocycles. The van der Waals surface area contributed by atoms with Crippen molar-refractivity contribution in [3.8, 4) is 0 Å². The standard InChI is InChI=1S/C58H87N9O11/c1-14-23-47(68)62(9)39(8)54(73)66-30-21-28-43(66)56(75)64(11)45(33-40-24-17-15-18-25-40)51(70)60-42(32-36(2)3)55(74)65(12)50(38(6)7)53(72)61-49(37(4)5)52(71)59-35-48(69)63(10)46(34-41-26-19-16-20-27-41)57(76)67-31-22-29-44(67)58(77)78-13/h15-20,24-27,36-39,42-46,49-50H,14,21-23,28-35H2,1-13H3,(H,59,71)(H,60,70)(H,61,72). The van der Waals surface area contributed by atoms with Gasteiger partial charge in [0, 0.05) is 60.5 Å². The Hall–Kier alpha value is -6.86. The van der Waals surface area contributed by atoms with E-state index >= 15 is 0 Å². The summed E-state index contributed by atoms with van der Waals surface area (Å²) < 4.78 is 4.97. The molecular formula is C58H87N9O11. The van der Waals surface area contributed by atoms with E-state index in [2.05, 4.69) is 16.0 Å². The number of esters is 1. The lowest BCUT2D eigenvalue weighted by molar-refractivity contribution is -0.154. The number of likely N-dealkylation sites (N-methyl/N-ethyl adjacent to an activating group) is 4. The molecule has 2 saturated heterocycles. The van der Waals surface area contributed by atoms with Crippen LogP contribution in [0.25, 0.3) is 0 Å². The fourth-order valence-electron chi connectivity index (χ4n) is 10.4. The van der Waals surface area contributed by atoms with E-state index in [0.717, 1.165) is 11.1 Å². The summed E-state index contributed by atoms with van der Waals surface area (Å²) in [5, 5.41) is 8.41. The zero-order valence-corrected chi connectivity index (χ0v) is 48.3. The van der Waals surface area contributed by atoms with Crippen molar-refractivity contribution < 1.29 is 52.7 Å². The molecule has 2 aromatic rings. The van der Waals surface area contributed by atoms with Crippen LogP contribution in [0.5, 0.6) is 0 Å². The smallest absolute Gasteiger partial charge is 0.328 e. The second kappa shape index (κ2) is 29.8. The molecule has 2 fully saturated rings. The average Bonchev–Trinajstić information content (AvgIpc) is 4.15. The number of hydrogen-bond donors (Lipinski definition) is 3. The predicted octanol–water partition coefficient (Wildman–Crippen LogP) is 3.20. The van der Waals surface area contributed by atoms with Gasteiger partial charge in [-0.15, -0.1) is 0 Å². The topological polar surface area (TPSA) is 235 Å². The zero-order chi connectivity index (χ0) is 58.1. The van der Waals surface area contributed by atoms with Crippen LogP contribution in [0.4, 0.5) is 0 Å². The Balaban J connectivity index is 1.52. The first-order chi connectivity index (χ1) is 36.9. The lowest BCUT2D eigenvalue weighted by atomic mass is 9.96. The highest BCUT2D eigenvalue weighted by atomic mass is 16.5. The van der Waals surface area contributed by atoms with Crippen molar-refractivity contribution in [1.82, 2.24) is 45.3 Å². The molecular weight excluding hydrogens is 999 g/mol. The molecule has 8 atom stereocenters. The van der Waals surface area contributed by atoms with Crippen LogP contribution in [-0.4, -0.2) is 192 Å². The molecule has 2 aliphatic heterocycles. The second-order valence-corrected chi connectivity index (χ2v) is 22.0. The maximum atomic E-state index is 14.8. The third-order valence-corrected chi connectivity index (χ3v) is 15.1. The van der Waals surface area contributed by atoms with E-state index in [9.17, 15) is 47.9 Å². The first kappa shape index (κ1) is 63.7. The molecule has 78 heavy (non-hydrogen) atoms. The molecule has 0 radical (unpaired) electrons. The predicted molar refractivity (Wildman–Crippen MR) is 295 cm³/mol. The zero-order valence-electron chi connectivity index (χ0n) is 48.3. The van der Waals surface area contributed by atoms with Gasteiger partial charge in [0.25, 0.3) is 0 Å². The van der Waals surface area contributed by atoms with E-state index in [4.69, 9.17) is 4.74 Å². The minimum atomic E-state index is -1.16. The molecule has 4 rings (SSSR count). The van der Waals surface area contributed by atoms with Gasteiger partial charge >= 0.3 is 5.97 Å². The van der Waals surface area contributed by atoms with Gasteiger partial charge in [0.15, 0.2) is 0 Å². The highest BCUT2D eigenvalue weighted by molar-refractivity contribution is 5.98. The Morgan fingerprint density at radius 1 is 0.615 bits per heavy atom. The van der Waals surface area contributed by atoms with Crippen LogP contribution in [0.2, 0.25) is 0 Å². The van der Waals surface area contributed by atoms with Crippen molar-refractivity contribution in [3.63, 3.8) is 0 Å². The van der Waals surface area contributed by atoms with Gasteiger partial charge in [0.1, 0.15) is 48.3 Å². The SMILES string of the molecule is CCCC(=O)N(C)C(C)C(=O)N1CCCC1C(=O)N(C)C(Cc1ccccc1)C(=O)NC(CC(C)C)C(=O)N(C)C(C(=O)NC(C(=O)NCC(=O)N(C)C(Cc1ccccc1)C(=O)N1CCCC1C(=O)OC)C(C)C)C(C)C. The fourth-order valence-corrected chi connectivity index (χ4v) is 10.4. The lowest BCUT2D eigenvalue weighted by Crippen LogP contribution is -2.61. The number of hydrogen-bond acceptors (Lipinski definition) is 11. The van der Waals surface area contributed by atoms with Crippen LogP contribution in [0.15, 0.2) is 60.7 Å². The highest BCUT2D eigenvalue weighted by Crippen LogP contribution is 2.25. The second-order valence-electron chi connectivity index (χ2n) is 22.0. The average molecular weight is 1090 g/mol. The van der Waals surface area contributed by atoms with Gasteiger partial charge in [-0.25, -0.2) is 4.79 Å². The quantitative estimate of drug-likeness (QED) is 0.116.